The number of hydrogen-bond donors (Lipinski definition) is 0. The van der Waals surface area contributed by atoms with Crippen molar-refractivity contribution in [2.45, 2.75) is 26.4 Å². The normalized spacial score (nSPS) is 14.7. The Labute approximate surface area is 283 Å². The van der Waals surface area contributed by atoms with Crippen molar-refractivity contribution in [1.82, 2.24) is 9.13 Å². The second kappa shape index (κ2) is 13.2. The minimum absolute atomic E-state index is 0.209. The van der Waals surface area contributed by atoms with Crippen molar-refractivity contribution in [3.8, 4) is 5.75 Å². The molecule has 47 heavy (non-hydrogen) atoms. The van der Waals surface area contributed by atoms with E-state index in [1.807, 2.05) is 91.2 Å². The first-order valence-corrected chi connectivity index (χ1v) is 17.3. The molecular formula is C37H30ClN3O4S2. The van der Waals surface area contributed by atoms with E-state index in [2.05, 4.69) is 22.9 Å². The highest BCUT2D eigenvalue weighted by Gasteiger charge is 2.35. The second-order valence-corrected chi connectivity index (χ2v) is 13.4. The Bertz CT molecular complexity index is 2320. The van der Waals surface area contributed by atoms with Crippen molar-refractivity contribution in [1.29, 1.82) is 0 Å². The zero-order valence-electron chi connectivity index (χ0n) is 25.7. The standard InChI is InChI=1S/C37H30ClN3O4S2/c1-3-44-36(43)32-33(24-10-5-4-6-11-24)39-37-41(34(32)30-14-9-19-46-30)35(42)31(47-37)21-25-22-40(29-13-8-7-12-27(25)29)17-18-45-26-15-16-28(38)23(2)20-26/h4-16,19-22,34H,3,17-18H2,1-2H3/b31-21+. The minimum Gasteiger partial charge on any atom is -0.492 e. The largest absolute Gasteiger partial charge is 0.492 e. The van der Waals surface area contributed by atoms with E-state index in [0.717, 1.165) is 38.2 Å². The number of ether oxygens (including phenoxy) is 2. The van der Waals surface area contributed by atoms with E-state index in [-0.39, 0.29) is 12.2 Å². The van der Waals surface area contributed by atoms with Crippen LogP contribution in [-0.2, 0) is 16.1 Å². The maximum Gasteiger partial charge on any atom is 0.338 e. The third-order valence-corrected chi connectivity index (χ3v) is 10.4. The summed E-state index contributed by atoms with van der Waals surface area (Å²) in [5, 5.41) is 3.68. The molecule has 1 aliphatic rings. The number of benzene rings is 3. The highest BCUT2D eigenvalue weighted by molar-refractivity contribution is 7.10. The van der Waals surface area contributed by atoms with Crippen molar-refractivity contribution in [2.24, 2.45) is 4.99 Å². The number of rotatable bonds is 9. The van der Waals surface area contributed by atoms with Gasteiger partial charge in [0.1, 0.15) is 18.4 Å². The Morgan fingerprint density at radius 3 is 2.62 bits per heavy atom. The van der Waals surface area contributed by atoms with Gasteiger partial charge in [-0.2, -0.15) is 0 Å². The van der Waals surface area contributed by atoms with Gasteiger partial charge in [-0.05, 0) is 61.2 Å². The maximum atomic E-state index is 14.3. The SMILES string of the molecule is CCOC(=O)C1=C(c2ccccc2)N=c2s/c(=C/c3cn(CCOc4ccc(Cl)c(C)c4)c4ccccc34)c(=O)n2C1c1cccs1. The van der Waals surface area contributed by atoms with E-state index in [4.69, 9.17) is 26.1 Å². The Morgan fingerprint density at radius 2 is 1.85 bits per heavy atom. The van der Waals surface area contributed by atoms with Crippen LogP contribution in [0.5, 0.6) is 5.75 Å². The van der Waals surface area contributed by atoms with Crippen molar-refractivity contribution in [3.63, 3.8) is 0 Å². The van der Waals surface area contributed by atoms with Gasteiger partial charge in [-0.1, -0.05) is 77.5 Å². The number of carbonyl (C=O) groups excluding carboxylic acids is 1. The van der Waals surface area contributed by atoms with Crippen LogP contribution in [0.25, 0.3) is 22.7 Å². The molecule has 4 heterocycles. The molecule has 0 aliphatic carbocycles. The van der Waals surface area contributed by atoms with Crippen LogP contribution in [0.1, 0.15) is 34.5 Å². The lowest BCUT2D eigenvalue weighted by Gasteiger charge is -2.24. The number of nitrogens with zero attached hydrogens (tertiary/aromatic N) is 3. The van der Waals surface area contributed by atoms with Gasteiger partial charge in [0.15, 0.2) is 4.80 Å². The van der Waals surface area contributed by atoms with Gasteiger partial charge in [-0.25, -0.2) is 9.79 Å². The van der Waals surface area contributed by atoms with E-state index in [1.54, 1.807) is 11.5 Å². The van der Waals surface area contributed by atoms with E-state index in [1.165, 1.54) is 22.7 Å². The summed E-state index contributed by atoms with van der Waals surface area (Å²) in [5.41, 5.74) is 4.36. The lowest BCUT2D eigenvalue weighted by molar-refractivity contribution is -0.138. The number of carbonyl (C=O) groups is 1. The molecule has 3 aromatic carbocycles. The van der Waals surface area contributed by atoms with Crippen LogP contribution in [0.2, 0.25) is 5.02 Å². The molecule has 0 spiro atoms. The average molecular weight is 680 g/mol. The molecule has 0 bridgehead atoms. The van der Waals surface area contributed by atoms with Crippen molar-refractivity contribution >= 4 is 62.9 Å². The van der Waals surface area contributed by atoms with Crippen LogP contribution in [-0.4, -0.2) is 28.3 Å². The van der Waals surface area contributed by atoms with E-state index in [0.29, 0.717) is 38.8 Å². The van der Waals surface area contributed by atoms with Gasteiger partial charge in [0.05, 0.1) is 29.0 Å². The predicted octanol–water partition coefficient (Wildman–Crippen LogP) is 6.99. The first-order valence-electron chi connectivity index (χ1n) is 15.2. The molecule has 1 unspecified atom stereocenters. The molecule has 0 N–H and O–H groups in total. The Hall–Kier alpha value is -4.70. The summed E-state index contributed by atoms with van der Waals surface area (Å²) in [4.78, 5) is 34.2. The van der Waals surface area contributed by atoms with E-state index < -0.39 is 12.0 Å². The fraction of sp³-hybridized carbons (Fsp3) is 0.162. The van der Waals surface area contributed by atoms with Crippen LogP contribution < -0.4 is 19.6 Å². The smallest absolute Gasteiger partial charge is 0.338 e. The Balaban J connectivity index is 1.33. The first kappa shape index (κ1) is 30.9. The monoisotopic (exact) mass is 679 g/mol. The van der Waals surface area contributed by atoms with Crippen LogP contribution in [0, 0.1) is 6.92 Å². The fourth-order valence-corrected chi connectivity index (χ4v) is 7.77. The minimum atomic E-state index is -0.669. The summed E-state index contributed by atoms with van der Waals surface area (Å²) in [7, 11) is 0. The topological polar surface area (TPSA) is 74.8 Å². The Kier molecular flexibility index (Phi) is 8.68. The quantitative estimate of drug-likeness (QED) is 0.154. The maximum absolute atomic E-state index is 14.3. The molecule has 0 fully saturated rings. The molecule has 0 amide bonds. The summed E-state index contributed by atoms with van der Waals surface area (Å²) in [6.07, 6.45) is 3.98. The molecule has 236 valence electrons. The third-order valence-electron chi connectivity index (χ3n) is 8.02. The second-order valence-electron chi connectivity index (χ2n) is 11.0. The number of halogens is 1. The van der Waals surface area contributed by atoms with Gasteiger partial charge in [0.25, 0.3) is 5.56 Å². The zero-order chi connectivity index (χ0) is 32.5. The number of esters is 1. The predicted molar refractivity (Wildman–Crippen MR) is 189 cm³/mol. The lowest BCUT2D eigenvalue weighted by Crippen LogP contribution is -2.39. The van der Waals surface area contributed by atoms with E-state index >= 15 is 0 Å². The third kappa shape index (κ3) is 5.98. The molecule has 6 aromatic rings. The van der Waals surface area contributed by atoms with Gasteiger partial charge in [0, 0.05) is 38.1 Å². The molecule has 10 heteroatoms. The number of para-hydroxylation sites is 1. The molecule has 0 saturated heterocycles. The number of aryl methyl sites for hydroxylation is 1. The highest BCUT2D eigenvalue weighted by Crippen LogP contribution is 2.37. The van der Waals surface area contributed by atoms with Gasteiger partial charge in [-0.15, -0.1) is 11.3 Å². The number of thiazole rings is 1. The number of fused-ring (bicyclic) bond motifs is 2. The molecule has 1 atom stereocenters. The van der Waals surface area contributed by atoms with Gasteiger partial charge < -0.3 is 14.0 Å². The van der Waals surface area contributed by atoms with E-state index in [9.17, 15) is 9.59 Å². The highest BCUT2D eigenvalue weighted by atomic mass is 35.5. The van der Waals surface area contributed by atoms with Crippen LogP contribution in [0.15, 0.2) is 112 Å². The molecular weight excluding hydrogens is 650 g/mol. The van der Waals surface area contributed by atoms with Crippen LogP contribution in [0.4, 0.5) is 0 Å². The average Bonchev–Trinajstić information content (AvgIpc) is 3.82. The summed E-state index contributed by atoms with van der Waals surface area (Å²) in [6, 6.07) is 26.5. The summed E-state index contributed by atoms with van der Waals surface area (Å²) < 4.78 is 15.9. The first-order chi connectivity index (χ1) is 22.9. The van der Waals surface area contributed by atoms with Crippen molar-refractivity contribution in [2.75, 3.05) is 13.2 Å². The number of hydrogen-bond acceptors (Lipinski definition) is 7. The Morgan fingerprint density at radius 1 is 1.04 bits per heavy atom. The van der Waals surface area contributed by atoms with Crippen molar-refractivity contribution in [3.05, 3.63) is 148 Å². The van der Waals surface area contributed by atoms with Gasteiger partial charge >= 0.3 is 5.97 Å². The molecule has 7 nitrogen and oxygen atoms in total. The van der Waals surface area contributed by atoms with Crippen molar-refractivity contribution < 1.29 is 14.3 Å². The zero-order valence-corrected chi connectivity index (χ0v) is 28.1. The molecule has 0 saturated carbocycles. The number of thiophene rings is 1. The molecule has 0 radical (unpaired) electrons. The van der Waals surface area contributed by atoms with Gasteiger partial charge in [-0.3, -0.25) is 9.36 Å². The summed E-state index contributed by atoms with van der Waals surface area (Å²) >= 11 is 8.99. The molecule has 1 aliphatic heterocycles. The molecule has 3 aromatic heterocycles. The lowest BCUT2D eigenvalue weighted by atomic mass is 9.97. The summed E-state index contributed by atoms with van der Waals surface area (Å²) in [5.74, 6) is 0.281. The number of aromatic nitrogens is 2. The molecule has 7 rings (SSSR count). The summed E-state index contributed by atoms with van der Waals surface area (Å²) in [6.45, 7) is 5.01. The van der Waals surface area contributed by atoms with Gasteiger partial charge in [0.2, 0.25) is 0 Å². The van der Waals surface area contributed by atoms with Crippen LogP contribution >= 0.6 is 34.3 Å². The fourth-order valence-electron chi connectivity index (χ4n) is 5.84. The van der Waals surface area contributed by atoms with Crippen LogP contribution in [0.3, 0.4) is 0 Å².